The monoisotopic (exact) mass is 247 g/mol. The summed E-state index contributed by atoms with van der Waals surface area (Å²) in [5.41, 5.74) is 0.950. The zero-order chi connectivity index (χ0) is 13.1. The van der Waals surface area contributed by atoms with E-state index in [0.29, 0.717) is 0 Å². The van der Waals surface area contributed by atoms with Gasteiger partial charge in [-0.2, -0.15) is 0 Å². The van der Waals surface area contributed by atoms with Crippen molar-refractivity contribution < 1.29 is 0 Å². The Morgan fingerprint density at radius 1 is 1.11 bits per heavy atom. The third kappa shape index (κ3) is 2.48. The zero-order valence-electron chi connectivity index (χ0n) is 11.4. The molecule has 4 heteroatoms. The van der Waals surface area contributed by atoms with Crippen LogP contribution in [0.3, 0.4) is 0 Å². The topological polar surface area (TPSA) is 30.2 Å². The van der Waals surface area contributed by atoms with Crippen LogP contribution in [0.2, 0.25) is 0 Å². The average molecular weight is 247 g/mol. The van der Waals surface area contributed by atoms with Crippen LogP contribution in [-0.2, 0) is 13.1 Å². The summed E-state index contributed by atoms with van der Waals surface area (Å²) in [6.07, 6.45) is 4.88. The Morgan fingerprint density at radius 3 is 2.39 bits per heavy atom. The van der Waals surface area contributed by atoms with E-state index in [0.717, 1.165) is 37.0 Å². The lowest BCUT2D eigenvalue weighted by Gasteiger charge is -2.11. The summed E-state index contributed by atoms with van der Waals surface area (Å²) in [4.78, 5) is 14.5. The van der Waals surface area contributed by atoms with Crippen molar-refractivity contribution in [3.8, 4) is 0 Å². The van der Waals surface area contributed by atoms with Crippen LogP contribution in [0.5, 0.6) is 0 Å². The molecule has 0 aliphatic rings. The normalized spacial score (nSPS) is 11.6. The van der Waals surface area contributed by atoms with Crippen LogP contribution in [0.25, 0.3) is 10.9 Å². The van der Waals surface area contributed by atoms with Crippen LogP contribution in [-0.4, -0.2) is 34.7 Å². The highest BCUT2D eigenvalue weighted by Crippen LogP contribution is 2.11. The molecule has 0 saturated heterocycles. The van der Waals surface area contributed by atoms with Gasteiger partial charge in [-0.05, 0) is 32.6 Å². The van der Waals surface area contributed by atoms with E-state index >= 15 is 0 Å². The second-order valence-corrected chi connectivity index (χ2v) is 4.93. The number of pyridine rings is 1. The second kappa shape index (κ2) is 5.40. The van der Waals surface area contributed by atoms with E-state index in [9.17, 15) is 4.79 Å². The highest BCUT2D eigenvalue weighted by molar-refractivity contribution is 5.78. The fourth-order valence-electron chi connectivity index (χ4n) is 2.16. The molecule has 0 radical (unpaired) electrons. The number of rotatable bonds is 5. The van der Waals surface area contributed by atoms with E-state index < -0.39 is 0 Å². The standard InChI is InChI=1S/C14H21N3O/c1-4-7-17-9-6-12-5-8-16(11-10-15(2)3)13(12)14(17)18/h5-6,8-9H,4,7,10-11H2,1-3H3. The Kier molecular flexibility index (Phi) is 3.87. The Bertz CT molecular complexity index is 580. The molecular weight excluding hydrogens is 226 g/mol. The fraction of sp³-hybridized carbons (Fsp3) is 0.500. The first-order valence-corrected chi connectivity index (χ1v) is 6.46. The van der Waals surface area contributed by atoms with Gasteiger partial charge in [-0.1, -0.05) is 6.92 Å². The molecule has 0 aliphatic carbocycles. The molecule has 0 atom stereocenters. The number of fused-ring (bicyclic) bond motifs is 1. The average Bonchev–Trinajstić information content (AvgIpc) is 2.74. The molecule has 98 valence electrons. The number of likely N-dealkylation sites (N-methyl/N-ethyl adjacent to an activating group) is 1. The Labute approximate surface area is 107 Å². The van der Waals surface area contributed by atoms with E-state index in [4.69, 9.17) is 0 Å². The molecule has 0 aromatic carbocycles. The molecule has 2 aromatic heterocycles. The van der Waals surface area contributed by atoms with E-state index in [1.807, 2.05) is 38.6 Å². The van der Waals surface area contributed by atoms with Crippen LogP contribution >= 0.6 is 0 Å². The number of hydrogen-bond acceptors (Lipinski definition) is 2. The second-order valence-electron chi connectivity index (χ2n) is 4.93. The number of hydrogen-bond donors (Lipinski definition) is 0. The molecule has 0 bridgehead atoms. The lowest BCUT2D eigenvalue weighted by atomic mass is 10.3. The minimum absolute atomic E-state index is 0.123. The van der Waals surface area contributed by atoms with Crippen molar-refractivity contribution >= 4 is 10.9 Å². The van der Waals surface area contributed by atoms with E-state index in [1.54, 1.807) is 4.57 Å². The summed E-state index contributed by atoms with van der Waals surface area (Å²) in [5.74, 6) is 0. The number of nitrogens with zero attached hydrogens (tertiary/aromatic N) is 3. The van der Waals surface area contributed by atoms with Gasteiger partial charge in [0.15, 0.2) is 0 Å². The fourth-order valence-corrected chi connectivity index (χ4v) is 2.16. The van der Waals surface area contributed by atoms with Crippen molar-refractivity contribution in [1.82, 2.24) is 14.0 Å². The predicted molar refractivity (Wildman–Crippen MR) is 75.0 cm³/mol. The van der Waals surface area contributed by atoms with Gasteiger partial charge < -0.3 is 14.0 Å². The van der Waals surface area contributed by atoms with Gasteiger partial charge in [0.1, 0.15) is 5.52 Å². The van der Waals surface area contributed by atoms with Gasteiger partial charge in [0.2, 0.25) is 0 Å². The lowest BCUT2D eigenvalue weighted by Crippen LogP contribution is -2.23. The molecule has 0 fully saturated rings. The Hall–Kier alpha value is -1.55. The van der Waals surface area contributed by atoms with Crippen molar-refractivity contribution in [1.29, 1.82) is 0 Å². The van der Waals surface area contributed by atoms with Gasteiger partial charge in [-0.15, -0.1) is 0 Å². The van der Waals surface area contributed by atoms with Gasteiger partial charge in [-0.3, -0.25) is 4.79 Å². The van der Waals surface area contributed by atoms with Crippen LogP contribution in [0.4, 0.5) is 0 Å². The van der Waals surface area contributed by atoms with Gasteiger partial charge in [0, 0.05) is 37.4 Å². The maximum absolute atomic E-state index is 12.4. The predicted octanol–water partition coefficient (Wildman–Crippen LogP) is 1.77. The van der Waals surface area contributed by atoms with Crippen LogP contribution < -0.4 is 5.56 Å². The molecular formula is C14H21N3O. The van der Waals surface area contributed by atoms with E-state index in [1.165, 1.54) is 0 Å². The van der Waals surface area contributed by atoms with Crippen molar-refractivity contribution in [2.24, 2.45) is 0 Å². The Balaban J connectivity index is 2.42. The molecule has 0 spiro atoms. The molecule has 2 heterocycles. The molecule has 0 amide bonds. The molecule has 0 N–H and O–H groups in total. The van der Waals surface area contributed by atoms with Crippen molar-refractivity contribution in [2.75, 3.05) is 20.6 Å². The molecule has 18 heavy (non-hydrogen) atoms. The maximum Gasteiger partial charge on any atom is 0.275 e. The minimum atomic E-state index is 0.123. The SMILES string of the molecule is CCCn1ccc2ccn(CCN(C)C)c2c1=O. The summed E-state index contributed by atoms with van der Waals surface area (Å²) in [6.45, 7) is 4.66. The van der Waals surface area contributed by atoms with Gasteiger partial charge >= 0.3 is 0 Å². The quantitative estimate of drug-likeness (QED) is 0.806. The maximum atomic E-state index is 12.4. The van der Waals surface area contributed by atoms with Gasteiger partial charge in [0.05, 0.1) is 0 Å². The van der Waals surface area contributed by atoms with E-state index in [2.05, 4.69) is 16.4 Å². The molecule has 2 aromatic rings. The Morgan fingerprint density at radius 2 is 1.78 bits per heavy atom. The number of aromatic nitrogens is 2. The third-order valence-electron chi connectivity index (χ3n) is 3.14. The summed E-state index contributed by atoms with van der Waals surface area (Å²) in [5, 5.41) is 1.03. The molecule has 4 nitrogen and oxygen atoms in total. The van der Waals surface area contributed by atoms with Crippen LogP contribution in [0.15, 0.2) is 29.3 Å². The van der Waals surface area contributed by atoms with Gasteiger partial charge in [-0.25, -0.2) is 0 Å². The van der Waals surface area contributed by atoms with Crippen molar-refractivity contribution in [3.63, 3.8) is 0 Å². The minimum Gasteiger partial charge on any atom is -0.342 e. The number of aryl methyl sites for hydroxylation is 1. The lowest BCUT2D eigenvalue weighted by molar-refractivity contribution is 0.386. The highest BCUT2D eigenvalue weighted by Gasteiger charge is 2.07. The van der Waals surface area contributed by atoms with Crippen LogP contribution in [0.1, 0.15) is 13.3 Å². The smallest absolute Gasteiger partial charge is 0.275 e. The first-order valence-electron chi connectivity index (χ1n) is 6.46. The first kappa shape index (κ1) is 12.9. The zero-order valence-corrected chi connectivity index (χ0v) is 11.4. The molecule has 2 rings (SSSR count). The highest BCUT2D eigenvalue weighted by atomic mass is 16.1. The molecule has 0 unspecified atom stereocenters. The summed E-state index contributed by atoms with van der Waals surface area (Å²) >= 11 is 0. The van der Waals surface area contributed by atoms with Crippen molar-refractivity contribution in [2.45, 2.75) is 26.4 Å². The van der Waals surface area contributed by atoms with Crippen molar-refractivity contribution in [3.05, 3.63) is 34.9 Å². The largest absolute Gasteiger partial charge is 0.342 e. The van der Waals surface area contributed by atoms with Crippen LogP contribution in [0, 0.1) is 0 Å². The summed E-state index contributed by atoms with van der Waals surface area (Å²) < 4.78 is 3.86. The first-order chi connectivity index (χ1) is 8.63. The molecule has 0 aliphatic heterocycles. The molecule has 0 saturated carbocycles. The van der Waals surface area contributed by atoms with Gasteiger partial charge in [0.25, 0.3) is 5.56 Å². The summed E-state index contributed by atoms with van der Waals surface area (Å²) in [6, 6.07) is 4.04. The third-order valence-corrected chi connectivity index (χ3v) is 3.14. The van der Waals surface area contributed by atoms with E-state index in [-0.39, 0.29) is 5.56 Å². The summed E-state index contributed by atoms with van der Waals surface area (Å²) in [7, 11) is 4.09.